The number of nitrogens with two attached hydrogens (primary N) is 1. The lowest BCUT2D eigenvalue weighted by atomic mass is 9.79. The number of aromatic nitrogens is 2. The third kappa shape index (κ3) is 4.27. The number of piperidine rings is 1. The summed E-state index contributed by atoms with van der Waals surface area (Å²) in [6.45, 7) is 5.63. The van der Waals surface area contributed by atoms with Crippen molar-refractivity contribution in [3.05, 3.63) is 36.0 Å². The fraction of sp³-hybridized carbons (Fsp3) is 0.526. The second-order valence-corrected chi connectivity index (χ2v) is 7.57. The molecule has 26 heavy (non-hydrogen) atoms. The van der Waals surface area contributed by atoms with Crippen molar-refractivity contribution in [2.75, 3.05) is 13.1 Å². The summed E-state index contributed by atoms with van der Waals surface area (Å²) in [5.74, 6) is 0.747. The molecule has 0 spiro atoms. The van der Waals surface area contributed by atoms with Gasteiger partial charge in [0.2, 0.25) is 17.6 Å². The van der Waals surface area contributed by atoms with E-state index in [1.807, 2.05) is 4.90 Å². The SMILES string of the molecule is CC1(C)CN(C(=O)CCCc2nc(-c3ccc(F)cc3)no2)CCC1N. The van der Waals surface area contributed by atoms with Crippen molar-refractivity contribution in [3.8, 4) is 11.4 Å². The predicted molar refractivity (Wildman–Crippen MR) is 95.6 cm³/mol. The molecule has 2 aromatic rings. The highest BCUT2D eigenvalue weighted by molar-refractivity contribution is 5.76. The molecule has 2 heterocycles. The van der Waals surface area contributed by atoms with Gasteiger partial charge in [-0.05, 0) is 42.5 Å². The third-order valence-corrected chi connectivity index (χ3v) is 5.02. The molecule has 1 fully saturated rings. The van der Waals surface area contributed by atoms with Gasteiger partial charge >= 0.3 is 0 Å². The molecule has 0 aliphatic carbocycles. The van der Waals surface area contributed by atoms with Crippen LogP contribution in [0.15, 0.2) is 28.8 Å². The van der Waals surface area contributed by atoms with Crippen LogP contribution in [-0.4, -0.2) is 40.1 Å². The number of halogens is 1. The summed E-state index contributed by atoms with van der Waals surface area (Å²) in [7, 11) is 0. The van der Waals surface area contributed by atoms with E-state index in [1.165, 1.54) is 12.1 Å². The van der Waals surface area contributed by atoms with E-state index < -0.39 is 0 Å². The Bertz CT molecular complexity index is 757. The zero-order valence-corrected chi connectivity index (χ0v) is 15.2. The first kappa shape index (κ1) is 18.5. The molecule has 1 aromatic heterocycles. The molecule has 1 aliphatic heterocycles. The molecule has 0 radical (unpaired) electrons. The molecular weight excluding hydrogens is 335 g/mol. The highest BCUT2D eigenvalue weighted by Gasteiger charge is 2.35. The number of rotatable bonds is 5. The number of likely N-dealkylation sites (tertiary alicyclic amines) is 1. The molecule has 6 nitrogen and oxygen atoms in total. The van der Waals surface area contributed by atoms with E-state index in [0.29, 0.717) is 43.1 Å². The molecule has 0 bridgehead atoms. The second-order valence-electron chi connectivity index (χ2n) is 7.57. The van der Waals surface area contributed by atoms with Crippen molar-refractivity contribution in [1.29, 1.82) is 0 Å². The summed E-state index contributed by atoms with van der Waals surface area (Å²) in [6.07, 6.45) is 2.46. The van der Waals surface area contributed by atoms with Crippen LogP contribution in [0, 0.1) is 11.2 Å². The molecule has 7 heteroatoms. The summed E-state index contributed by atoms with van der Waals surface area (Å²) in [5.41, 5.74) is 6.77. The monoisotopic (exact) mass is 360 g/mol. The van der Waals surface area contributed by atoms with Gasteiger partial charge in [0.15, 0.2) is 0 Å². The molecule has 1 saturated heterocycles. The molecule has 1 amide bonds. The zero-order chi connectivity index (χ0) is 18.7. The summed E-state index contributed by atoms with van der Waals surface area (Å²) in [5, 5.41) is 3.91. The molecule has 3 rings (SSSR count). The van der Waals surface area contributed by atoms with E-state index in [9.17, 15) is 9.18 Å². The van der Waals surface area contributed by atoms with Gasteiger partial charge in [-0.15, -0.1) is 0 Å². The third-order valence-electron chi connectivity index (χ3n) is 5.02. The van der Waals surface area contributed by atoms with E-state index >= 15 is 0 Å². The quantitative estimate of drug-likeness (QED) is 0.886. The standard InChI is InChI=1S/C19H25FN4O2/c1-19(2)12-24(11-10-15(19)21)17(25)5-3-4-16-22-18(23-26-16)13-6-8-14(20)9-7-13/h6-9,15H,3-5,10-12,21H2,1-2H3. The van der Waals surface area contributed by atoms with E-state index in [0.717, 1.165) is 13.0 Å². The number of benzene rings is 1. The summed E-state index contributed by atoms with van der Waals surface area (Å²) >= 11 is 0. The predicted octanol–water partition coefficient (Wildman–Crippen LogP) is 2.78. The maximum absolute atomic E-state index is 13.0. The van der Waals surface area contributed by atoms with Crippen LogP contribution in [0.4, 0.5) is 4.39 Å². The molecule has 1 atom stereocenters. The minimum atomic E-state index is -0.308. The summed E-state index contributed by atoms with van der Waals surface area (Å²) in [4.78, 5) is 18.6. The highest BCUT2D eigenvalue weighted by Crippen LogP contribution is 2.28. The molecule has 0 saturated carbocycles. The van der Waals surface area contributed by atoms with Gasteiger partial charge in [-0.1, -0.05) is 19.0 Å². The number of aryl methyl sites for hydroxylation is 1. The van der Waals surface area contributed by atoms with Crippen molar-refractivity contribution in [3.63, 3.8) is 0 Å². The van der Waals surface area contributed by atoms with Gasteiger partial charge in [0.1, 0.15) is 5.82 Å². The topological polar surface area (TPSA) is 85.2 Å². The molecule has 1 aromatic carbocycles. The maximum Gasteiger partial charge on any atom is 0.226 e. The Morgan fingerprint density at radius 2 is 2.12 bits per heavy atom. The lowest BCUT2D eigenvalue weighted by Crippen LogP contribution is -2.53. The molecule has 1 aliphatic rings. The van der Waals surface area contributed by atoms with Crippen LogP contribution in [0.3, 0.4) is 0 Å². The Labute approximate surface area is 152 Å². The Hall–Kier alpha value is -2.28. The lowest BCUT2D eigenvalue weighted by molar-refractivity contribution is -0.134. The van der Waals surface area contributed by atoms with Gasteiger partial charge in [-0.25, -0.2) is 4.39 Å². The Kier molecular flexibility index (Phi) is 5.36. The second kappa shape index (κ2) is 7.53. The smallest absolute Gasteiger partial charge is 0.226 e. The first-order valence-electron chi connectivity index (χ1n) is 8.97. The first-order valence-corrected chi connectivity index (χ1v) is 8.97. The number of carbonyl (C=O) groups is 1. The minimum absolute atomic E-state index is 0.0511. The summed E-state index contributed by atoms with van der Waals surface area (Å²) in [6, 6.07) is 6.06. The van der Waals surface area contributed by atoms with Crippen molar-refractivity contribution in [1.82, 2.24) is 15.0 Å². The number of carbonyl (C=O) groups excluding carboxylic acids is 1. The molecule has 2 N–H and O–H groups in total. The van der Waals surface area contributed by atoms with Crippen LogP contribution in [0.2, 0.25) is 0 Å². The van der Waals surface area contributed by atoms with Crippen molar-refractivity contribution in [2.45, 2.75) is 45.6 Å². The largest absolute Gasteiger partial charge is 0.342 e. The maximum atomic E-state index is 13.0. The molecule has 140 valence electrons. The highest BCUT2D eigenvalue weighted by atomic mass is 19.1. The normalized spacial score (nSPS) is 19.5. The van der Waals surface area contributed by atoms with E-state index in [-0.39, 0.29) is 23.2 Å². The van der Waals surface area contributed by atoms with Crippen molar-refractivity contribution >= 4 is 5.91 Å². The lowest BCUT2D eigenvalue weighted by Gasteiger charge is -2.42. The average Bonchev–Trinajstić information content (AvgIpc) is 3.06. The number of amides is 1. The Morgan fingerprint density at radius 1 is 1.38 bits per heavy atom. The molecular formula is C19H25FN4O2. The number of hydrogen-bond donors (Lipinski definition) is 1. The van der Waals surface area contributed by atoms with Gasteiger partial charge in [-0.2, -0.15) is 4.98 Å². The van der Waals surface area contributed by atoms with Crippen LogP contribution in [0.25, 0.3) is 11.4 Å². The molecule has 1 unspecified atom stereocenters. The zero-order valence-electron chi connectivity index (χ0n) is 15.2. The van der Waals surface area contributed by atoms with E-state index in [1.54, 1.807) is 12.1 Å². The van der Waals surface area contributed by atoms with Crippen LogP contribution in [0.5, 0.6) is 0 Å². The van der Waals surface area contributed by atoms with Crippen LogP contribution in [0.1, 0.15) is 39.0 Å². The van der Waals surface area contributed by atoms with Gasteiger partial charge in [0.05, 0.1) is 0 Å². The van der Waals surface area contributed by atoms with Crippen LogP contribution in [-0.2, 0) is 11.2 Å². The minimum Gasteiger partial charge on any atom is -0.342 e. The number of hydrogen-bond acceptors (Lipinski definition) is 5. The van der Waals surface area contributed by atoms with Crippen LogP contribution >= 0.6 is 0 Å². The fourth-order valence-electron chi connectivity index (χ4n) is 3.21. The van der Waals surface area contributed by atoms with Gasteiger partial charge < -0.3 is 15.2 Å². The van der Waals surface area contributed by atoms with Crippen molar-refractivity contribution < 1.29 is 13.7 Å². The Morgan fingerprint density at radius 3 is 2.81 bits per heavy atom. The van der Waals surface area contributed by atoms with E-state index in [2.05, 4.69) is 24.0 Å². The number of nitrogens with zero attached hydrogens (tertiary/aromatic N) is 3. The van der Waals surface area contributed by atoms with Gasteiger partial charge in [0.25, 0.3) is 0 Å². The van der Waals surface area contributed by atoms with Crippen LogP contribution < -0.4 is 5.73 Å². The fourth-order valence-corrected chi connectivity index (χ4v) is 3.21. The summed E-state index contributed by atoms with van der Waals surface area (Å²) < 4.78 is 18.2. The average molecular weight is 360 g/mol. The van der Waals surface area contributed by atoms with Crippen molar-refractivity contribution in [2.24, 2.45) is 11.1 Å². The van der Waals surface area contributed by atoms with E-state index in [4.69, 9.17) is 10.3 Å². The van der Waals surface area contributed by atoms with Gasteiger partial charge in [-0.3, -0.25) is 4.79 Å². The first-order chi connectivity index (χ1) is 12.3. The van der Waals surface area contributed by atoms with Gasteiger partial charge in [0, 0.05) is 37.5 Å². The Balaban J connectivity index is 1.49.